The number of aromatic nitrogens is 5. The van der Waals surface area contributed by atoms with Crippen LogP contribution in [0, 0.1) is 5.82 Å². The summed E-state index contributed by atoms with van der Waals surface area (Å²) in [5.74, 6) is -0.434. The third-order valence-corrected chi connectivity index (χ3v) is 7.00. The third-order valence-electron chi connectivity index (χ3n) is 6.33. The zero-order valence-electron chi connectivity index (χ0n) is 20.1. The zero-order valence-corrected chi connectivity index (χ0v) is 20.9. The predicted octanol–water partition coefficient (Wildman–Crippen LogP) is 4.97. The number of H-pyrrole nitrogens is 2. The van der Waals surface area contributed by atoms with E-state index in [-0.39, 0.29) is 6.54 Å². The second-order valence-corrected chi connectivity index (χ2v) is 11.0. The van der Waals surface area contributed by atoms with Crippen LogP contribution in [0.15, 0.2) is 73.1 Å². The smallest absolute Gasteiger partial charge is 0.209 e. The zero-order chi connectivity index (χ0) is 25.7. The van der Waals surface area contributed by atoms with Crippen LogP contribution >= 0.6 is 0 Å². The van der Waals surface area contributed by atoms with Gasteiger partial charge in [-0.1, -0.05) is 18.2 Å². The molecule has 0 aliphatic carbocycles. The van der Waals surface area contributed by atoms with Gasteiger partial charge in [0.1, 0.15) is 11.5 Å². The highest BCUT2D eigenvalue weighted by atomic mass is 32.2. The van der Waals surface area contributed by atoms with E-state index >= 15 is 0 Å². The Bertz CT molecular complexity index is 1900. The molecule has 186 valence electrons. The summed E-state index contributed by atoms with van der Waals surface area (Å²) in [5, 5.41) is 13.8. The summed E-state index contributed by atoms with van der Waals surface area (Å²) >= 11 is 0. The monoisotopic (exact) mass is 514 g/mol. The van der Waals surface area contributed by atoms with E-state index in [0.717, 1.165) is 56.1 Å². The summed E-state index contributed by atoms with van der Waals surface area (Å²) in [6.45, 7) is 0.0104. The van der Waals surface area contributed by atoms with Gasteiger partial charge in [-0.2, -0.15) is 10.2 Å². The number of halogens is 1. The number of fused-ring (bicyclic) bond motifs is 2. The van der Waals surface area contributed by atoms with Gasteiger partial charge in [-0.25, -0.2) is 17.5 Å². The Morgan fingerprint density at radius 3 is 2.62 bits per heavy atom. The van der Waals surface area contributed by atoms with Crippen molar-refractivity contribution in [2.75, 3.05) is 6.26 Å². The van der Waals surface area contributed by atoms with Crippen molar-refractivity contribution in [1.29, 1.82) is 0 Å². The molecule has 3 heterocycles. The lowest BCUT2D eigenvalue weighted by atomic mass is 9.99. The molecule has 0 radical (unpaired) electrons. The summed E-state index contributed by atoms with van der Waals surface area (Å²) in [6.07, 6.45) is 4.87. The highest BCUT2D eigenvalue weighted by Gasteiger charge is 2.15. The molecule has 8 nitrogen and oxygen atoms in total. The fourth-order valence-electron chi connectivity index (χ4n) is 4.63. The van der Waals surface area contributed by atoms with Crippen LogP contribution < -0.4 is 4.72 Å². The molecule has 3 aromatic heterocycles. The van der Waals surface area contributed by atoms with Gasteiger partial charge in [0.05, 0.1) is 23.7 Å². The van der Waals surface area contributed by atoms with E-state index in [0.29, 0.717) is 11.1 Å². The van der Waals surface area contributed by atoms with Gasteiger partial charge in [0.25, 0.3) is 0 Å². The van der Waals surface area contributed by atoms with Crippen LogP contribution in [0.25, 0.3) is 55.4 Å². The molecule has 0 fully saturated rings. The molecular weight excluding hydrogens is 491 g/mol. The number of hydrogen-bond acceptors (Lipinski definition) is 4. The van der Waals surface area contributed by atoms with Crippen LogP contribution in [0.4, 0.5) is 4.39 Å². The van der Waals surface area contributed by atoms with Crippen LogP contribution in [0.1, 0.15) is 5.56 Å². The summed E-state index contributed by atoms with van der Waals surface area (Å²) in [4.78, 5) is 3.45. The standard InChI is InChI=1S/C27H23FN6O2S/c1-34-15-19(14-29-34)17-6-7-25-23(11-17)27(33-32-25)26-12-22-21(4-3-5-24(22)31-26)18-8-16(9-20(28)10-18)13-30-37(2,35)36/h3-12,14-15,30-31H,13H2,1-2H3,(H,32,33). The Balaban J connectivity index is 1.43. The molecule has 6 aromatic rings. The van der Waals surface area contributed by atoms with Crippen molar-refractivity contribution in [3.05, 3.63) is 84.4 Å². The van der Waals surface area contributed by atoms with Crippen molar-refractivity contribution in [3.63, 3.8) is 0 Å². The maximum Gasteiger partial charge on any atom is 0.209 e. The minimum absolute atomic E-state index is 0.0104. The van der Waals surface area contributed by atoms with Gasteiger partial charge in [0.15, 0.2) is 0 Å². The molecular formula is C27H23FN6O2S. The average Bonchev–Trinajstić information content (AvgIpc) is 3.58. The van der Waals surface area contributed by atoms with E-state index in [1.807, 2.05) is 55.8 Å². The van der Waals surface area contributed by atoms with Crippen LogP contribution in [0.5, 0.6) is 0 Å². The molecule has 0 bridgehead atoms. The van der Waals surface area contributed by atoms with Crippen molar-refractivity contribution in [2.24, 2.45) is 7.05 Å². The number of hydrogen-bond donors (Lipinski definition) is 3. The lowest BCUT2D eigenvalue weighted by Crippen LogP contribution is -2.21. The predicted molar refractivity (Wildman–Crippen MR) is 143 cm³/mol. The molecule has 3 aromatic carbocycles. The van der Waals surface area contributed by atoms with Gasteiger partial charge in [0.2, 0.25) is 10.0 Å². The number of rotatable bonds is 6. The number of aromatic amines is 2. The van der Waals surface area contributed by atoms with Gasteiger partial charge in [-0.05, 0) is 64.7 Å². The molecule has 6 rings (SSSR count). The van der Waals surface area contributed by atoms with Crippen molar-refractivity contribution in [2.45, 2.75) is 6.54 Å². The second-order valence-electron chi connectivity index (χ2n) is 9.13. The van der Waals surface area contributed by atoms with Crippen LogP contribution in [-0.4, -0.2) is 39.6 Å². The maximum absolute atomic E-state index is 14.5. The molecule has 0 aliphatic rings. The van der Waals surface area contributed by atoms with Crippen molar-refractivity contribution < 1.29 is 12.8 Å². The number of nitrogens with one attached hydrogen (secondary N) is 3. The van der Waals surface area contributed by atoms with Gasteiger partial charge < -0.3 is 4.98 Å². The Hall–Kier alpha value is -4.28. The summed E-state index contributed by atoms with van der Waals surface area (Å²) in [6, 6.07) is 18.5. The lowest BCUT2D eigenvalue weighted by Gasteiger charge is -2.08. The molecule has 0 unspecified atom stereocenters. The highest BCUT2D eigenvalue weighted by molar-refractivity contribution is 7.88. The fourth-order valence-corrected chi connectivity index (χ4v) is 5.05. The van der Waals surface area contributed by atoms with E-state index in [4.69, 9.17) is 0 Å². The second kappa shape index (κ2) is 8.68. The Labute approximate surface area is 212 Å². The molecule has 0 saturated carbocycles. The van der Waals surface area contributed by atoms with Gasteiger partial charge in [-0.15, -0.1) is 0 Å². The molecule has 0 saturated heterocycles. The number of nitrogens with zero attached hydrogens (tertiary/aromatic N) is 3. The van der Waals surface area contributed by atoms with E-state index in [2.05, 4.69) is 31.1 Å². The normalized spacial score (nSPS) is 12.1. The van der Waals surface area contributed by atoms with Crippen molar-refractivity contribution in [1.82, 2.24) is 29.7 Å². The first-order valence-corrected chi connectivity index (χ1v) is 13.5. The molecule has 3 N–H and O–H groups in total. The Morgan fingerprint density at radius 2 is 1.84 bits per heavy atom. The summed E-state index contributed by atoms with van der Waals surface area (Å²) in [5.41, 5.74) is 7.48. The van der Waals surface area contributed by atoms with Crippen LogP contribution in [0.3, 0.4) is 0 Å². The average molecular weight is 515 g/mol. The molecule has 0 amide bonds. The quantitative estimate of drug-likeness (QED) is 0.292. The van der Waals surface area contributed by atoms with E-state index < -0.39 is 15.8 Å². The maximum atomic E-state index is 14.5. The highest BCUT2D eigenvalue weighted by Crippen LogP contribution is 2.35. The van der Waals surface area contributed by atoms with E-state index in [1.165, 1.54) is 12.1 Å². The molecule has 0 aliphatic heterocycles. The first-order chi connectivity index (χ1) is 17.7. The van der Waals surface area contributed by atoms with Gasteiger partial charge in [0, 0.05) is 41.6 Å². The Morgan fingerprint density at radius 1 is 0.973 bits per heavy atom. The number of aryl methyl sites for hydroxylation is 1. The lowest BCUT2D eigenvalue weighted by molar-refractivity contribution is 0.586. The van der Waals surface area contributed by atoms with Gasteiger partial charge in [-0.3, -0.25) is 9.78 Å². The Kier molecular flexibility index (Phi) is 5.43. The van der Waals surface area contributed by atoms with Crippen LogP contribution in [0.2, 0.25) is 0 Å². The topological polar surface area (TPSA) is 108 Å². The molecule has 0 spiro atoms. The van der Waals surface area contributed by atoms with Crippen molar-refractivity contribution >= 4 is 31.8 Å². The first kappa shape index (κ1) is 23.1. The van der Waals surface area contributed by atoms with Crippen molar-refractivity contribution in [3.8, 4) is 33.6 Å². The minimum atomic E-state index is -3.40. The van der Waals surface area contributed by atoms with E-state index in [9.17, 15) is 12.8 Å². The first-order valence-electron chi connectivity index (χ1n) is 11.6. The molecule has 0 atom stereocenters. The van der Waals surface area contributed by atoms with Crippen LogP contribution in [-0.2, 0) is 23.6 Å². The summed E-state index contributed by atoms with van der Waals surface area (Å²) < 4.78 is 41.7. The number of sulfonamides is 1. The van der Waals surface area contributed by atoms with E-state index in [1.54, 1.807) is 10.7 Å². The fraction of sp³-hybridized carbons (Fsp3) is 0.111. The largest absolute Gasteiger partial charge is 0.353 e. The molecule has 10 heteroatoms. The number of benzene rings is 3. The minimum Gasteiger partial charge on any atom is -0.353 e. The SMILES string of the molecule is Cn1cc(-c2ccc3[nH]nc(-c4cc5c(-c6cc(F)cc(CNS(C)(=O)=O)c6)cccc5[nH]4)c3c2)cn1. The third kappa shape index (κ3) is 4.52. The molecule has 37 heavy (non-hydrogen) atoms. The van der Waals surface area contributed by atoms with Gasteiger partial charge >= 0.3 is 0 Å². The summed E-state index contributed by atoms with van der Waals surface area (Å²) in [7, 11) is -1.51.